The van der Waals surface area contributed by atoms with Crippen molar-refractivity contribution in [2.75, 3.05) is 31.3 Å². The molecule has 2 saturated heterocycles. The number of halogens is 1. The number of amides is 2. The van der Waals surface area contributed by atoms with Crippen LogP contribution in [0.25, 0.3) is 0 Å². The smallest absolute Gasteiger partial charge is 0.255 e. The van der Waals surface area contributed by atoms with Crippen LogP contribution < -0.4 is 10.6 Å². The Morgan fingerprint density at radius 2 is 1.96 bits per heavy atom. The van der Waals surface area contributed by atoms with Gasteiger partial charge in [-0.15, -0.1) is 24.2 Å². The molecule has 2 aliphatic rings. The minimum Gasteiger partial charge on any atom is -0.354 e. The van der Waals surface area contributed by atoms with Crippen LogP contribution >= 0.6 is 24.2 Å². The molecule has 3 rings (SSSR count). The van der Waals surface area contributed by atoms with Crippen molar-refractivity contribution in [3.63, 3.8) is 0 Å². The summed E-state index contributed by atoms with van der Waals surface area (Å²) in [6.07, 6.45) is 2.19. The number of benzene rings is 1. The second-order valence-electron chi connectivity index (χ2n) is 8.56. The second-order valence-corrected chi connectivity index (χ2v) is 9.56. The zero-order chi connectivity index (χ0) is 19.4. The Balaban J connectivity index is 0.00000280. The first-order chi connectivity index (χ1) is 12.9. The van der Waals surface area contributed by atoms with Crippen molar-refractivity contribution in [2.24, 2.45) is 5.92 Å². The summed E-state index contributed by atoms with van der Waals surface area (Å²) in [5.41, 5.74) is 1.91. The van der Waals surface area contributed by atoms with Gasteiger partial charge in [-0.05, 0) is 55.0 Å². The van der Waals surface area contributed by atoms with Gasteiger partial charge in [0.2, 0.25) is 5.91 Å². The van der Waals surface area contributed by atoms with E-state index in [1.807, 2.05) is 24.3 Å². The number of thioether (sulfide) groups is 1. The third-order valence-corrected chi connectivity index (χ3v) is 6.47. The van der Waals surface area contributed by atoms with Crippen LogP contribution in [0.5, 0.6) is 0 Å². The molecule has 0 spiro atoms. The molecule has 2 amide bonds. The molecule has 5 nitrogen and oxygen atoms in total. The van der Waals surface area contributed by atoms with Crippen LogP contribution in [-0.2, 0) is 10.2 Å². The Hall–Kier alpha value is -1.24. The molecule has 2 aliphatic heterocycles. The van der Waals surface area contributed by atoms with E-state index in [2.05, 4.69) is 31.4 Å². The molecule has 0 aromatic heterocycles. The SMILES string of the molecule is CC(C)(C)c1ccc(C(=O)N2CSCC2C(=O)NCCC2CCNC2)cc1.Cl. The lowest BCUT2D eigenvalue weighted by molar-refractivity contribution is -0.124. The molecule has 2 atom stereocenters. The van der Waals surface area contributed by atoms with Crippen molar-refractivity contribution in [2.45, 2.75) is 45.1 Å². The second kappa shape index (κ2) is 9.99. The van der Waals surface area contributed by atoms with E-state index in [0.29, 0.717) is 29.7 Å². The average Bonchev–Trinajstić information content (AvgIpc) is 3.32. The maximum absolute atomic E-state index is 12.9. The molecule has 2 fully saturated rings. The van der Waals surface area contributed by atoms with Crippen molar-refractivity contribution in [1.29, 1.82) is 0 Å². The van der Waals surface area contributed by atoms with E-state index < -0.39 is 0 Å². The summed E-state index contributed by atoms with van der Waals surface area (Å²) < 4.78 is 0. The summed E-state index contributed by atoms with van der Waals surface area (Å²) in [6.45, 7) is 9.28. The fraction of sp³-hybridized carbons (Fsp3) is 0.619. The van der Waals surface area contributed by atoms with E-state index in [0.717, 1.165) is 19.5 Å². The van der Waals surface area contributed by atoms with Crippen LogP contribution in [0.3, 0.4) is 0 Å². The van der Waals surface area contributed by atoms with Gasteiger partial charge in [0.25, 0.3) is 5.91 Å². The van der Waals surface area contributed by atoms with Gasteiger partial charge in [-0.25, -0.2) is 0 Å². The van der Waals surface area contributed by atoms with Gasteiger partial charge in [0.1, 0.15) is 6.04 Å². The van der Waals surface area contributed by atoms with Gasteiger partial charge in [0.05, 0.1) is 5.88 Å². The highest BCUT2D eigenvalue weighted by molar-refractivity contribution is 7.99. The van der Waals surface area contributed by atoms with Crippen molar-refractivity contribution in [3.05, 3.63) is 35.4 Å². The molecular weight excluding hydrogens is 394 g/mol. The molecule has 0 aliphatic carbocycles. The average molecular weight is 426 g/mol. The summed E-state index contributed by atoms with van der Waals surface area (Å²) in [5.74, 6) is 1.82. The van der Waals surface area contributed by atoms with Gasteiger partial charge in [-0.1, -0.05) is 32.9 Å². The minimum atomic E-state index is -0.369. The zero-order valence-corrected chi connectivity index (χ0v) is 18.6. The van der Waals surface area contributed by atoms with Gasteiger partial charge in [0, 0.05) is 17.9 Å². The number of nitrogens with one attached hydrogen (secondary N) is 2. The van der Waals surface area contributed by atoms with E-state index in [-0.39, 0.29) is 35.7 Å². The van der Waals surface area contributed by atoms with Crippen LogP contribution in [-0.4, -0.2) is 54.0 Å². The lowest BCUT2D eigenvalue weighted by Crippen LogP contribution is -2.47. The third-order valence-electron chi connectivity index (χ3n) is 5.46. The van der Waals surface area contributed by atoms with Gasteiger partial charge in [-0.2, -0.15) is 0 Å². The fourth-order valence-electron chi connectivity index (χ4n) is 3.62. The first-order valence-corrected chi connectivity index (χ1v) is 11.0. The summed E-state index contributed by atoms with van der Waals surface area (Å²) in [6, 6.07) is 7.43. The molecule has 0 bridgehead atoms. The number of carbonyl (C=O) groups is 2. The predicted octanol–water partition coefficient (Wildman–Crippen LogP) is 3.04. The van der Waals surface area contributed by atoms with Gasteiger partial charge in [0.15, 0.2) is 0 Å². The van der Waals surface area contributed by atoms with E-state index >= 15 is 0 Å². The van der Waals surface area contributed by atoms with E-state index in [9.17, 15) is 9.59 Å². The van der Waals surface area contributed by atoms with Crippen molar-refractivity contribution in [3.8, 4) is 0 Å². The molecule has 1 aromatic rings. The highest BCUT2D eigenvalue weighted by Crippen LogP contribution is 2.26. The highest BCUT2D eigenvalue weighted by Gasteiger charge is 2.35. The van der Waals surface area contributed by atoms with E-state index in [1.54, 1.807) is 16.7 Å². The lowest BCUT2D eigenvalue weighted by atomic mass is 9.86. The van der Waals surface area contributed by atoms with Crippen LogP contribution in [0, 0.1) is 5.92 Å². The number of hydrogen-bond acceptors (Lipinski definition) is 4. The summed E-state index contributed by atoms with van der Waals surface area (Å²) in [5, 5.41) is 6.39. The maximum Gasteiger partial charge on any atom is 0.255 e. The molecule has 2 N–H and O–H groups in total. The Kier molecular flexibility index (Phi) is 8.22. The standard InChI is InChI=1S/C21H31N3O2S.ClH/c1-21(2,3)17-6-4-16(5-7-17)20(26)24-14-27-13-18(24)19(25)23-11-9-15-8-10-22-12-15;/h4-7,15,18,22H,8-14H2,1-3H3,(H,23,25);1H. The number of hydrogen-bond donors (Lipinski definition) is 2. The van der Waals surface area contributed by atoms with E-state index in [4.69, 9.17) is 0 Å². The fourth-order valence-corrected chi connectivity index (χ4v) is 4.77. The molecule has 2 unspecified atom stereocenters. The maximum atomic E-state index is 12.9. The van der Waals surface area contributed by atoms with Crippen molar-refractivity contribution < 1.29 is 9.59 Å². The Labute approximate surface area is 178 Å². The van der Waals surface area contributed by atoms with Gasteiger partial charge in [-0.3, -0.25) is 9.59 Å². The third kappa shape index (κ3) is 5.65. The molecule has 0 radical (unpaired) electrons. The normalized spacial score (nSPS) is 22.0. The van der Waals surface area contributed by atoms with Crippen LogP contribution in [0.2, 0.25) is 0 Å². The summed E-state index contributed by atoms with van der Waals surface area (Å²) in [7, 11) is 0. The summed E-state index contributed by atoms with van der Waals surface area (Å²) >= 11 is 1.64. The Bertz CT molecular complexity index is 669. The van der Waals surface area contributed by atoms with Crippen molar-refractivity contribution in [1.82, 2.24) is 15.5 Å². The van der Waals surface area contributed by atoms with Gasteiger partial charge < -0.3 is 15.5 Å². The predicted molar refractivity (Wildman–Crippen MR) is 118 cm³/mol. The number of nitrogens with zero attached hydrogens (tertiary/aromatic N) is 1. The molecule has 156 valence electrons. The summed E-state index contributed by atoms with van der Waals surface area (Å²) in [4.78, 5) is 27.3. The first-order valence-electron chi connectivity index (χ1n) is 9.84. The molecular formula is C21H32ClN3O2S. The highest BCUT2D eigenvalue weighted by atomic mass is 35.5. The van der Waals surface area contributed by atoms with Crippen LogP contribution in [0.4, 0.5) is 0 Å². The molecule has 0 saturated carbocycles. The van der Waals surface area contributed by atoms with Gasteiger partial charge >= 0.3 is 0 Å². The molecule has 1 aromatic carbocycles. The Morgan fingerprint density at radius 3 is 2.57 bits per heavy atom. The molecule has 7 heteroatoms. The molecule has 28 heavy (non-hydrogen) atoms. The first kappa shape index (κ1) is 23.0. The van der Waals surface area contributed by atoms with Crippen molar-refractivity contribution >= 4 is 36.0 Å². The Morgan fingerprint density at radius 1 is 1.25 bits per heavy atom. The monoisotopic (exact) mass is 425 g/mol. The molecule has 2 heterocycles. The van der Waals surface area contributed by atoms with E-state index in [1.165, 1.54) is 12.0 Å². The quantitative estimate of drug-likeness (QED) is 0.761. The zero-order valence-electron chi connectivity index (χ0n) is 17.0. The van der Waals surface area contributed by atoms with Crippen LogP contribution in [0.15, 0.2) is 24.3 Å². The van der Waals surface area contributed by atoms with Crippen LogP contribution in [0.1, 0.15) is 49.5 Å². The topological polar surface area (TPSA) is 61.4 Å². The largest absolute Gasteiger partial charge is 0.354 e. The lowest BCUT2D eigenvalue weighted by Gasteiger charge is -2.24. The number of rotatable bonds is 5. The minimum absolute atomic E-state index is 0. The number of carbonyl (C=O) groups excluding carboxylic acids is 2.